The Balaban J connectivity index is 1.13. The van der Waals surface area contributed by atoms with Crippen LogP contribution in [0, 0.1) is 5.41 Å². The molecule has 2 aliphatic rings. The number of hydrogen-bond acceptors (Lipinski definition) is 4. The minimum Gasteiger partial charge on any atom is -0.361 e. The van der Waals surface area contributed by atoms with Gasteiger partial charge >= 0.3 is 6.18 Å². The van der Waals surface area contributed by atoms with E-state index >= 15 is 0 Å². The number of aromatic nitrogens is 3. The number of fused-ring (bicyclic) bond motifs is 2. The average molecular weight is 466 g/mol. The number of likely N-dealkylation sites (tertiary alicyclic amines) is 1. The molecule has 2 aromatic heterocycles. The summed E-state index contributed by atoms with van der Waals surface area (Å²) in [6, 6.07) is 13.3. The third kappa shape index (κ3) is 4.00. The van der Waals surface area contributed by atoms with Crippen molar-refractivity contribution in [2.75, 3.05) is 31.1 Å². The van der Waals surface area contributed by atoms with E-state index in [1.165, 1.54) is 28.9 Å². The van der Waals surface area contributed by atoms with E-state index in [0.29, 0.717) is 10.9 Å². The highest BCUT2D eigenvalue weighted by Gasteiger charge is 2.45. The van der Waals surface area contributed by atoms with Crippen molar-refractivity contribution in [3.8, 4) is 0 Å². The molecule has 0 amide bonds. The first-order valence-electron chi connectivity index (χ1n) is 11.7. The second-order valence-electron chi connectivity index (χ2n) is 9.83. The Morgan fingerprint density at radius 2 is 1.79 bits per heavy atom. The Morgan fingerprint density at radius 3 is 2.59 bits per heavy atom. The lowest BCUT2D eigenvalue weighted by Crippen LogP contribution is -2.60. The maximum atomic E-state index is 12.9. The maximum Gasteiger partial charge on any atom is 0.393 e. The molecule has 0 unspecified atom stereocenters. The van der Waals surface area contributed by atoms with Crippen LogP contribution in [-0.2, 0) is 13.0 Å². The molecule has 0 saturated carbocycles. The molecule has 0 radical (unpaired) electrons. The fourth-order valence-corrected chi connectivity index (χ4v) is 5.63. The van der Waals surface area contributed by atoms with E-state index in [9.17, 15) is 13.2 Å². The smallest absolute Gasteiger partial charge is 0.361 e. The van der Waals surface area contributed by atoms with Crippen molar-refractivity contribution < 1.29 is 13.2 Å². The van der Waals surface area contributed by atoms with E-state index in [-0.39, 0.29) is 11.0 Å². The van der Waals surface area contributed by atoms with Crippen molar-refractivity contribution in [1.29, 1.82) is 0 Å². The summed E-state index contributed by atoms with van der Waals surface area (Å²) in [5.41, 5.74) is 3.73. The molecule has 0 aliphatic carbocycles. The van der Waals surface area contributed by atoms with Crippen LogP contribution < -0.4 is 4.90 Å². The Labute approximate surface area is 195 Å². The van der Waals surface area contributed by atoms with Gasteiger partial charge in [-0.3, -0.25) is 4.90 Å². The number of H-pyrrole nitrogens is 1. The second kappa shape index (κ2) is 7.98. The summed E-state index contributed by atoms with van der Waals surface area (Å²) >= 11 is 0. The standard InChI is InChI=1S/C26H26F3N5/c27-26(28,29)13-18-4-5-23-21(12-18)24(32-17-31-23)34-15-25(16-34)7-10-33(11-8-25)14-19-2-1-3-22-20(19)6-9-30-22/h1-6,9,12,17,30H,7-8,10-11,13-16H2. The van der Waals surface area contributed by atoms with Gasteiger partial charge in [0, 0.05) is 47.5 Å². The number of nitrogens with one attached hydrogen (secondary N) is 1. The van der Waals surface area contributed by atoms with Gasteiger partial charge in [-0.1, -0.05) is 18.2 Å². The SMILES string of the molecule is FC(F)(F)Cc1ccc2ncnc(N3CC4(CCN(Cc5cccc6[nH]ccc56)CC4)C3)c2c1. The Hall–Kier alpha value is -3.13. The molecule has 5 nitrogen and oxygen atoms in total. The summed E-state index contributed by atoms with van der Waals surface area (Å²) in [7, 11) is 0. The lowest BCUT2D eigenvalue weighted by molar-refractivity contribution is -0.127. The van der Waals surface area contributed by atoms with Crippen LogP contribution in [0.5, 0.6) is 0 Å². The van der Waals surface area contributed by atoms with E-state index in [4.69, 9.17) is 0 Å². The van der Waals surface area contributed by atoms with Crippen molar-refractivity contribution in [2.45, 2.75) is 32.0 Å². The van der Waals surface area contributed by atoms with E-state index in [0.717, 1.165) is 51.4 Å². The normalized spacial score (nSPS) is 18.6. The first-order valence-corrected chi connectivity index (χ1v) is 11.7. The summed E-state index contributed by atoms with van der Waals surface area (Å²) in [6.07, 6.45) is 0.573. The number of benzene rings is 2. The van der Waals surface area contributed by atoms with Crippen LogP contribution in [0.1, 0.15) is 24.0 Å². The van der Waals surface area contributed by atoms with Gasteiger partial charge in [-0.05, 0) is 61.3 Å². The molecule has 2 saturated heterocycles. The minimum absolute atomic E-state index is 0.247. The average Bonchev–Trinajstić information content (AvgIpc) is 3.27. The Bertz CT molecular complexity index is 1330. The first-order chi connectivity index (χ1) is 16.4. The van der Waals surface area contributed by atoms with Gasteiger partial charge in [-0.25, -0.2) is 9.97 Å². The molecule has 4 heterocycles. The fraction of sp³-hybridized carbons (Fsp3) is 0.385. The summed E-state index contributed by atoms with van der Waals surface area (Å²) in [5, 5.41) is 1.99. The van der Waals surface area contributed by atoms with E-state index in [1.807, 2.05) is 6.20 Å². The van der Waals surface area contributed by atoms with E-state index in [1.54, 1.807) is 12.1 Å². The van der Waals surface area contributed by atoms with Gasteiger partial charge in [0.25, 0.3) is 0 Å². The highest BCUT2D eigenvalue weighted by molar-refractivity contribution is 5.90. The zero-order valence-electron chi connectivity index (χ0n) is 18.8. The lowest BCUT2D eigenvalue weighted by atomic mass is 9.72. The van der Waals surface area contributed by atoms with Gasteiger partial charge in [0.05, 0.1) is 11.9 Å². The highest BCUT2D eigenvalue weighted by Crippen LogP contribution is 2.44. The molecule has 0 atom stereocenters. The van der Waals surface area contributed by atoms with Crippen LogP contribution in [0.2, 0.25) is 0 Å². The second-order valence-corrected chi connectivity index (χ2v) is 9.83. The summed E-state index contributed by atoms with van der Waals surface area (Å²) < 4.78 is 38.7. The van der Waals surface area contributed by atoms with Crippen molar-refractivity contribution in [2.24, 2.45) is 5.41 Å². The number of aromatic amines is 1. The predicted octanol–water partition coefficient (Wildman–Crippen LogP) is 5.32. The molecule has 4 aromatic rings. The number of hydrogen-bond donors (Lipinski definition) is 1. The zero-order chi connectivity index (χ0) is 23.3. The van der Waals surface area contributed by atoms with Crippen LogP contribution in [0.25, 0.3) is 21.8 Å². The molecule has 2 aromatic carbocycles. The molecule has 2 aliphatic heterocycles. The summed E-state index contributed by atoms with van der Waals surface area (Å²) in [6.45, 7) is 4.84. The Kier molecular flexibility index (Phi) is 5.02. The number of nitrogens with zero attached hydrogens (tertiary/aromatic N) is 4. The molecular weight excluding hydrogens is 439 g/mol. The van der Waals surface area contributed by atoms with Crippen LogP contribution in [0.15, 0.2) is 55.0 Å². The zero-order valence-corrected chi connectivity index (χ0v) is 18.8. The molecule has 34 heavy (non-hydrogen) atoms. The molecule has 8 heteroatoms. The highest BCUT2D eigenvalue weighted by atomic mass is 19.4. The first kappa shape index (κ1) is 21.4. The van der Waals surface area contributed by atoms with Crippen LogP contribution in [-0.4, -0.2) is 52.2 Å². The number of anilines is 1. The van der Waals surface area contributed by atoms with Gasteiger partial charge in [0.1, 0.15) is 12.1 Å². The number of rotatable bonds is 4. The van der Waals surface area contributed by atoms with E-state index < -0.39 is 12.6 Å². The van der Waals surface area contributed by atoms with Crippen molar-refractivity contribution >= 4 is 27.6 Å². The topological polar surface area (TPSA) is 48.1 Å². The van der Waals surface area contributed by atoms with Crippen LogP contribution in [0.3, 0.4) is 0 Å². The number of alkyl halides is 3. The van der Waals surface area contributed by atoms with Gasteiger partial charge in [0.2, 0.25) is 0 Å². The molecule has 176 valence electrons. The number of halogens is 3. The lowest BCUT2D eigenvalue weighted by Gasteiger charge is -2.54. The third-order valence-electron chi connectivity index (χ3n) is 7.43. The van der Waals surface area contributed by atoms with Crippen molar-refractivity contribution in [3.63, 3.8) is 0 Å². The predicted molar refractivity (Wildman–Crippen MR) is 127 cm³/mol. The fourth-order valence-electron chi connectivity index (χ4n) is 5.63. The van der Waals surface area contributed by atoms with E-state index in [2.05, 4.69) is 49.0 Å². The maximum absolute atomic E-state index is 12.9. The van der Waals surface area contributed by atoms with Gasteiger partial charge in [0.15, 0.2) is 0 Å². The quantitative estimate of drug-likeness (QED) is 0.443. The minimum atomic E-state index is -4.23. The Morgan fingerprint density at radius 1 is 0.971 bits per heavy atom. The summed E-state index contributed by atoms with van der Waals surface area (Å²) in [5.74, 6) is 0.751. The molecule has 2 fully saturated rings. The van der Waals surface area contributed by atoms with Gasteiger partial charge in [-0.15, -0.1) is 0 Å². The molecule has 1 spiro atoms. The monoisotopic (exact) mass is 465 g/mol. The van der Waals surface area contributed by atoms with Crippen molar-refractivity contribution in [1.82, 2.24) is 19.9 Å². The molecule has 1 N–H and O–H groups in total. The summed E-state index contributed by atoms with van der Waals surface area (Å²) in [4.78, 5) is 16.7. The molecular formula is C26H26F3N5. The van der Waals surface area contributed by atoms with Gasteiger partial charge < -0.3 is 9.88 Å². The van der Waals surface area contributed by atoms with Crippen LogP contribution >= 0.6 is 0 Å². The van der Waals surface area contributed by atoms with Crippen LogP contribution in [0.4, 0.5) is 19.0 Å². The molecule has 0 bridgehead atoms. The molecule has 6 rings (SSSR count). The number of piperidine rings is 1. The largest absolute Gasteiger partial charge is 0.393 e. The van der Waals surface area contributed by atoms with Crippen molar-refractivity contribution in [3.05, 3.63) is 66.1 Å². The third-order valence-corrected chi connectivity index (χ3v) is 7.43. The van der Waals surface area contributed by atoms with Gasteiger partial charge in [-0.2, -0.15) is 13.2 Å².